The second kappa shape index (κ2) is 4.03. The van der Waals surface area contributed by atoms with Crippen LogP contribution in [-0.2, 0) is 9.53 Å². The van der Waals surface area contributed by atoms with Gasteiger partial charge in [0, 0.05) is 19.3 Å². The second-order valence-electron chi connectivity index (χ2n) is 3.58. The van der Waals surface area contributed by atoms with Crippen molar-refractivity contribution in [2.45, 2.75) is 38.0 Å². The molecule has 0 N–H and O–H groups in total. The topological polar surface area (TPSA) is 26.3 Å². The molecule has 1 saturated carbocycles. The third-order valence-electron chi connectivity index (χ3n) is 2.52. The van der Waals surface area contributed by atoms with Crippen LogP contribution in [0.3, 0.4) is 0 Å². The first-order valence-electron chi connectivity index (χ1n) is 4.48. The molecule has 1 aliphatic carbocycles. The van der Waals surface area contributed by atoms with E-state index in [2.05, 4.69) is 4.74 Å². The van der Waals surface area contributed by atoms with Gasteiger partial charge < -0.3 is 4.74 Å². The first-order chi connectivity index (χ1) is 6.03. The maximum absolute atomic E-state index is 12.7. The molecule has 4 heteroatoms. The molecule has 0 aromatic heterocycles. The van der Waals surface area contributed by atoms with Crippen LogP contribution in [-0.4, -0.2) is 19.0 Å². The van der Waals surface area contributed by atoms with E-state index in [0.717, 1.165) is 0 Å². The predicted octanol–water partition coefficient (Wildman–Crippen LogP) is 2.38. The van der Waals surface area contributed by atoms with Crippen molar-refractivity contribution in [2.24, 2.45) is 5.92 Å². The molecule has 76 valence electrons. The Hall–Kier alpha value is -0.670. The molecule has 0 atom stereocenters. The molecule has 0 spiro atoms. The molecule has 0 saturated heterocycles. The number of rotatable bonds is 2. The van der Waals surface area contributed by atoms with Crippen molar-refractivity contribution in [3.8, 4) is 0 Å². The van der Waals surface area contributed by atoms with Gasteiger partial charge in [0.15, 0.2) is 0 Å². The van der Waals surface area contributed by atoms with E-state index in [-0.39, 0.29) is 31.1 Å². The number of esters is 1. The predicted molar refractivity (Wildman–Crippen MR) is 43.5 cm³/mol. The molecule has 0 amide bonds. The van der Waals surface area contributed by atoms with Crippen LogP contribution in [0.5, 0.6) is 0 Å². The average Bonchev–Trinajstić information content (AvgIpc) is 2.08. The number of halogens is 2. The number of methoxy groups -OCH3 is 1. The molecule has 0 aromatic carbocycles. The molecule has 2 nitrogen and oxygen atoms in total. The van der Waals surface area contributed by atoms with Gasteiger partial charge in [-0.15, -0.1) is 0 Å². The summed E-state index contributed by atoms with van der Waals surface area (Å²) in [5.74, 6) is -2.71. The third-order valence-corrected chi connectivity index (χ3v) is 2.52. The van der Waals surface area contributed by atoms with E-state index < -0.39 is 5.92 Å². The fourth-order valence-corrected chi connectivity index (χ4v) is 1.62. The summed E-state index contributed by atoms with van der Waals surface area (Å²) in [6.07, 6.45) is 0.972. The quantitative estimate of drug-likeness (QED) is 0.628. The smallest absolute Gasteiger partial charge is 0.305 e. The van der Waals surface area contributed by atoms with Gasteiger partial charge in [-0.2, -0.15) is 0 Å². The molecule has 0 unspecified atom stereocenters. The molecule has 1 rings (SSSR count). The average molecular weight is 192 g/mol. The first-order valence-corrected chi connectivity index (χ1v) is 4.48. The summed E-state index contributed by atoms with van der Waals surface area (Å²) >= 11 is 0. The summed E-state index contributed by atoms with van der Waals surface area (Å²) in [5, 5.41) is 0. The van der Waals surface area contributed by atoms with E-state index in [9.17, 15) is 13.6 Å². The van der Waals surface area contributed by atoms with Crippen LogP contribution < -0.4 is 0 Å². The fraction of sp³-hybridized carbons (Fsp3) is 0.889. The van der Waals surface area contributed by atoms with Gasteiger partial charge in [-0.1, -0.05) is 0 Å². The lowest BCUT2D eigenvalue weighted by Crippen LogP contribution is -2.26. The van der Waals surface area contributed by atoms with Crippen molar-refractivity contribution in [1.82, 2.24) is 0 Å². The largest absolute Gasteiger partial charge is 0.469 e. The number of carbonyl (C=O) groups is 1. The lowest BCUT2D eigenvalue weighted by Gasteiger charge is -2.27. The van der Waals surface area contributed by atoms with Crippen molar-refractivity contribution in [2.75, 3.05) is 7.11 Å². The minimum absolute atomic E-state index is 0.0886. The van der Waals surface area contributed by atoms with Gasteiger partial charge in [-0.25, -0.2) is 8.78 Å². The van der Waals surface area contributed by atoms with Crippen LogP contribution in [0.25, 0.3) is 0 Å². The van der Waals surface area contributed by atoms with Crippen molar-refractivity contribution >= 4 is 5.97 Å². The molecule has 0 heterocycles. The van der Waals surface area contributed by atoms with Crippen molar-refractivity contribution in [3.63, 3.8) is 0 Å². The molecule has 0 aromatic rings. The SMILES string of the molecule is COC(=O)CC1CCC(F)(F)CC1. The molecule has 0 bridgehead atoms. The lowest BCUT2D eigenvalue weighted by atomic mass is 9.85. The maximum Gasteiger partial charge on any atom is 0.305 e. The van der Waals surface area contributed by atoms with Gasteiger partial charge >= 0.3 is 5.97 Å². The molecular formula is C9H14F2O2. The van der Waals surface area contributed by atoms with Gasteiger partial charge in [-0.05, 0) is 18.8 Å². The Labute approximate surface area is 76.3 Å². The summed E-state index contributed by atoms with van der Waals surface area (Å²) in [4.78, 5) is 10.8. The summed E-state index contributed by atoms with van der Waals surface area (Å²) in [6.45, 7) is 0. The highest BCUT2D eigenvalue weighted by Crippen LogP contribution is 2.37. The van der Waals surface area contributed by atoms with Crippen LogP contribution in [0, 0.1) is 5.92 Å². The first kappa shape index (κ1) is 10.4. The Morgan fingerprint density at radius 3 is 2.46 bits per heavy atom. The monoisotopic (exact) mass is 192 g/mol. The highest BCUT2D eigenvalue weighted by Gasteiger charge is 2.35. The Balaban J connectivity index is 2.29. The van der Waals surface area contributed by atoms with Crippen LogP contribution in [0.2, 0.25) is 0 Å². The Morgan fingerprint density at radius 2 is 2.00 bits per heavy atom. The Morgan fingerprint density at radius 1 is 1.46 bits per heavy atom. The van der Waals surface area contributed by atoms with Crippen molar-refractivity contribution in [3.05, 3.63) is 0 Å². The Bertz CT molecular complexity index is 182. The van der Waals surface area contributed by atoms with Gasteiger partial charge in [0.1, 0.15) is 0 Å². The summed E-state index contributed by atoms with van der Waals surface area (Å²) in [5.41, 5.74) is 0. The van der Waals surface area contributed by atoms with Crippen molar-refractivity contribution < 1.29 is 18.3 Å². The van der Waals surface area contributed by atoms with Crippen LogP contribution >= 0.6 is 0 Å². The van der Waals surface area contributed by atoms with Gasteiger partial charge in [-0.3, -0.25) is 4.79 Å². The number of alkyl halides is 2. The molecule has 0 radical (unpaired) electrons. The standard InChI is InChI=1S/C9H14F2O2/c1-13-8(12)6-7-2-4-9(10,11)5-3-7/h7H,2-6H2,1H3. The van der Waals surface area contributed by atoms with E-state index in [1.165, 1.54) is 7.11 Å². The second-order valence-corrected chi connectivity index (χ2v) is 3.58. The number of hydrogen-bond acceptors (Lipinski definition) is 2. The lowest BCUT2D eigenvalue weighted by molar-refractivity contribution is -0.142. The van der Waals surface area contributed by atoms with E-state index >= 15 is 0 Å². The number of ether oxygens (including phenoxy) is 1. The van der Waals surface area contributed by atoms with Crippen LogP contribution in [0.15, 0.2) is 0 Å². The normalized spacial score (nSPS) is 22.7. The highest BCUT2D eigenvalue weighted by molar-refractivity contribution is 5.69. The fourth-order valence-electron chi connectivity index (χ4n) is 1.62. The number of hydrogen-bond donors (Lipinski definition) is 0. The summed E-state index contributed by atoms with van der Waals surface area (Å²) in [7, 11) is 1.32. The molecular weight excluding hydrogens is 178 g/mol. The van der Waals surface area contributed by atoms with Crippen molar-refractivity contribution in [1.29, 1.82) is 0 Å². The molecule has 1 fully saturated rings. The van der Waals surface area contributed by atoms with E-state index in [1.807, 2.05) is 0 Å². The molecule has 13 heavy (non-hydrogen) atoms. The van der Waals surface area contributed by atoms with E-state index in [1.54, 1.807) is 0 Å². The van der Waals surface area contributed by atoms with E-state index in [0.29, 0.717) is 12.8 Å². The minimum Gasteiger partial charge on any atom is -0.469 e. The van der Waals surface area contributed by atoms with Gasteiger partial charge in [0.25, 0.3) is 0 Å². The maximum atomic E-state index is 12.7. The zero-order valence-electron chi connectivity index (χ0n) is 7.69. The summed E-state index contributed by atoms with van der Waals surface area (Å²) < 4.78 is 29.8. The van der Waals surface area contributed by atoms with Crippen LogP contribution in [0.4, 0.5) is 8.78 Å². The van der Waals surface area contributed by atoms with Gasteiger partial charge in [0.2, 0.25) is 5.92 Å². The number of carbonyl (C=O) groups excluding carboxylic acids is 1. The Kier molecular flexibility index (Phi) is 3.22. The zero-order valence-corrected chi connectivity index (χ0v) is 7.69. The van der Waals surface area contributed by atoms with E-state index in [4.69, 9.17) is 0 Å². The molecule has 0 aliphatic heterocycles. The minimum atomic E-state index is -2.51. The van der Waals surface area contributed by atoms with Crippen LogP contribution in [0.1, 0.15) is 32.1 Å². The zero-order chi connectivity index (χ0) is 9.90. The highest BCUT2D eigenvalue weighted by atomic mass is 19.3. The van der Waals surface area contributed by atoms with Gasteiger partial charge in [0.05, 0.1) is 7.11 Å². The molecule has 1 aliphatic rings. The summed E-state index contributed by atoms with van der Waals surface area (Å²) in [6, 6.07) is 0. The third kappa shape index (κ3) is 3.28.